The zero-order valence-electron chi connectivity index (χ0n) is 10.8. The molecule has 3 saturated heterocycles. The summed E-state index contributed by atoms with van der Waals surface area (Å²) in [6.45, 7) is 6.00. The molecule has 3 aliphatic rings. The Morgan fingerprint density at radius 1 is 1.39 bits per heavy atom. The van der Waals surface area contributed by atoms with Crippen molar-refractivity contribution < 1.29 is 14.6 Å². The fraction of sp³-hybridized carbons (Fsp3) is 0.923. The van der Waals surface area contributed by atoms with Crippen molar-refractivity contribution in [2.24, 2.45) is 5.41 Å². The lowest BCUT2D eigenvalue weighted by atomic mass is 9.86. The average molecular weight is 254 g/mol. The SMILES string of the molecule is O=C(O)C1(CN2CCN3CCCC3C2)CCOC1. The Bertz CT molecular complexity index is 328. The average Bonchev–Trinajstić information content (AvgIpc) is 2.97. The van der Waals surface area contributed by atoms with Crippen LogP contribution >= 0.6 is 0 Å². The Labute approximate surface area is 108 Å². The summed E-state index contributed by atoms with van der Waals surface area (Å²) in [6, 6.07) is 0.659. The number of carboxylic acids is 1. The largest absolute Gasteiger partial charge is 0.481 e. The van der Waals surface area contributed by atoms with Crippen molar-refractivity contribution in [1.82, 2.24) is 9.80 Å². The fourth-order valence-corrected chi connectivity index (χ4v) is 3.60. The van der Waals surface area contributed by atoms with Gasteiger partial charge in [0.1, 0.15) is 5.41 Å². The molecule has 0 radical (unpaired) electrons. The van der Waals surface area contributed by atoms with Crippen LogP contribution in [0.25, 0.3) is 0 Å². The number of carboxylic acid groups (broad SMARTS) is 1. The molecular formula is C13H22N2O3. The van der Waals surface area contributed by atoms with E-state index >= 15 is 0 Å². The quantitative estimate of drug-likeness (QED) is 0.783. The van der Waals surface area contributed by atoms with Crippen LogP contribution in [0.1, 0.15) is 19.3 Å². The van der Waals surface area contributed by atoms with E-state index < -0.39 is 11.4 Å². The van der Waals surface area contributed by atoms with E-state index in [1.165, 1.54) is 19.4 Å². The predicted molar refractivity (Wildman–Crippen MR) is 66.5 cm³/mol. The molecule has 0 amide bonds. The van der Waals surface area contributed by atoms with Crippen LogP contribution in [0.15, 0.2) is 0 Å². The maximum atomic E-state index is 11.5. The Balaban J connectivity index is 1.63. The molecule has 3 fully saturated rings. The third-order valence-corrected chi connectivity index (χ3v) is 4.75. The van der Waals surface area contributed by atoms with Gasteiger partial charge in [0.15, 0.2) is 0 Å². The molecule has 0 aromatic rings. The molecule has 0 spiro atoms. The summed E-state index contributed by atoms with van der Waals surface area (Å²) >= 11 is 0. The van der Waals surface area contributed by atoms with E-state index in [0.29, 0.717) is 32.2 Å². The van der Waals surface area contributed by atoms with E-state index in [4.69, 9.17) is 4.74 Å². The Morgan fingerprint density at radius 3 is 3.00 bits per heavy atom. The van der Waals surface area contributed by atoms with Gasteiger partial charge in [-0.05, 0) is 25.8 Å². The highest BCUT2D eigenvalue weighted by atomic mass is 16.5. The first-order valence-corrected chi connectivity index (χ1v) is 6.97. The van der Waals surface area contributed by atoms with Gasteiger partial charge in [0.2, 0.25) is 0 Å². The molecule has 3 heterocycles. The number of hydrogen-bond acceptors (Lipinski definition) is 4. The van der Waals surface area contributed by atoms with Crippen LogP contribution in [0, 0.1) is 5.41 Å². The second kappa shape index (κ2) is 4.79. The van der Waals surface area contributed by atoms with E-state index in [9.17, 15) is 9.90 Å². The van der Waals surface area contributed by atoms with Gasteiger partial charge in [-0.3, -0.25) is 14.6 Å². The zero-order chi connectivity index (χ0) is 12.6. The third kappa shape index (κ3) is 2.15. The molecule has 0 aromatic carbocycles. The molecule has 0 saturated carbocycles. The summed E-state index contributed by atoms with van der Waals surface area (Å²) in [7, 11) is 0. The van der Waals surface area contributed by atoms with E-state index in [0.717, 1.165) is 19.6 Å². The molecule has 18 heavy (non-hydrogen) atoms. The zero-order valence-corrected chi connectivity index (χ0v) is 10.8. The topological polar surface area (TPSA) is 53.0 Å². The Hall–Kier alpha value is -0.650. The van der Waals surface area contributed by atoms with Crippen LogP contribution < -0.4 is 0 Å². The minimum atomic E-state index is -0.686. The number of nitrogens with zero attached hydrogens (tertiary/aromatic N) is 2. The minimum Gasteiger partial charge on any atom is -0.481 e. The number of carbonyl (C=O) groups is 1. The first kappa shape index (κ1) is 12.4. The standard InChI is InChI=1S/C13H22N2O3/c16-12(17)13(3-7-18-10-13)9-14-5-6-15-4-1-2-11(15)8-14/h11H,1-10H2,(H,16,17). The monoisotopic (exact) mass is 254 g/mol. The second-order valence-corrected chi connectivity index (χ2v) is 5.96. The number of ether oxygens (including phenoxy) is 1. The molecule has 3 rings (SSSR count). The second-order valence-electron chi connectivity index (χ2n) is 5.96. The first-order chi connectivity index (χ1) is 8.70. The van der Waals surface area contributed by atoms with E-state index in [2.05, 4.69) is 9.80 Å². The van der Waals surface area contributed by atoms with Crippen molar-refractivity contribution in [1.29, 1.82) is 0 Å². The third-order valence-electron chi connectivity index (χ3n) is 4.75. The molecule has 5 nitrogen and oxygen atoms in total. The van der Waals surface area contributed by atoms with Gasteiger partial charge in [-0.1, -0.05) is 0 Å². The maximum Gasteiger partial charge on any atom is 0.313 e. The van der Waals surface area contributed by atoms with E-state index in [1.807, 2.05) is 0 Å². The summed E-state index contributed by atoms with van der Waals surface area (Å²) in [6.07, 6.45) is 3.23. The van der Waals surface area contributed by atoms with Crippen molar-refractivity contribution in [2.45, 2.75) is 25.3 Å². The first-order valence-electron chi connectivity index (χ1n) is 6.97. The van der Waals surface area contributed by atoms with Gasteiger partial charge >= 0.3 is 5.97 Å². The van der Waals surface area contributed by atoms with Gasteiger partial charge in [0.25, 0.3) is 0 Å². The highest BCUT2D eigenvalue weighted by molar-refractivity contribution is 5.75. The van der Waals surface area contributed by atoms with Gasteiger partial charge < -0.3 is 9.84 Å². The highest BCUT2D eigenvalue weighted by Crippen LogP contribution is 2.31. The van der Waals surface area contributed by atoms with Gasteiger partial charge in [-0.15, -0.1) is 0 Å². The maximum absolute atomic E-state index is 11.5. The predicted octanol–water partition coefficient (Wildman–Crippen LogP) is 0.258. The van der Waals surface area contributed by atoms with Crippen LogP contribution in [0.5, 0.6) is 0 Å². The van der Waals surface area contributed by atoms with Crippen LogP contribution in [0.3, 0.4) is 0 Å². The number of piperazine rings is 1. The van der Waals surface area contributed by atoms with Gasteiger partial charge in [0.05, 0.1) is 6.61 Å². The lowest BCUT2D eigenvalue weighted by Crippen LogP contribution is -2.54. The summed E-state index contributed by atoms with van der Waals surface area (Å²) in [5.41, 5.74) is -0.652. The van der Waals surface area contributed by atoms with Crippen LogP contribution in [0.2, 0.25) is 0 Å². The van der Waals surface area contributed by atoms with Gasteiger partial charge in [-0.2, -0.15) is 0 Å². The Morgan fingerprint density at radius 2 is 2.28 bits per heavy atom. The molecule has 2 atom stereocenters. The van der Waals surface area contributed by atoms with Crippen molar-refractivity contribution in [2.75, 3.05) is 45.9 Å². The number of hydrogen-bond donors (Lipinski definition) is 1. The van der Waals surface area contributed by atoms with Crippen molar-refractivity contribution in [3.8, 4) is 0 Å². The highest BCUT2D eigenvalue weighted by Gasteiger charge is 2.45. The van der Waals surface area contributed by atoms with Crippen LogP contribution in [-0.2, 0) is 9.53 Å². The summed E-state index contributed by atoms with van der Waals surface area (Å²) in [5, 5.41) is 9.46. The molecule has 0 bridgehead atoms. The molecule has 0 aliphatic carbocycles. The van der Waals surface area contributed by atoms with Crippen molar-refractivity contribution >= 4 is 5.97 Å². The van der Waals surface area contributed by atoms with Crippen LogP contribution in [0.4, 0.5) is 0 Å². The van der Waals surface area contributed by atoms with Crippen molar-refractivity contribution in [3.05, 3.63) is 0 Å². The van der Waals surface area contributed by atoms with Gasteiger partial charge in [-0.25, -0.2) is 0 Å². The normalized spacial score (nSPS) is 37.9. The molecule has 2 unspecified atom stereocenters. The van der Waals surface area contributed by atoms with Crippen LogP contribution in [-0.4, -0.2) is 72.9 Å². The molecule has 1 N–H and O–H groups in total. The smallest absolute Gasteiger partial charge is 0.313 e. The summed E-state index contributed by atoms with van der Waals surface area (Å²) in [5.74, 6) is -0.686. The lowest BCUT2D eigenvalue weighted by Gasteiger charge is -2.40. The number of rotatable bonds is 3. The summed E-state index contributed by atoms with van der Waals surface area (Å²) in [4.78, 5) is 16.4. The Kier molecular flexibility index (Phi) is 3.30. The number of aliphatic carboxylic acids is 1. The molecule has 102 valence electrons. The fourth-order valence-electron chi connectivity index (χ4n) is 3.60. The van der Waals surface area contributed by atoms with Gasteiger partial charge in [0, 0.05) is 38.8 Å². The van der Waals surface area contributed by atoms with E-state index in [-0.39, 0.29) is 0 Å². The number of fused-ring (bicyclic) bond motifs is 1. The molecule has 5 heteroatoms. The molecule has 3 aliphatic heterocycles. The lowest BCUT2D eigenvalue weighted by molar-refractivity contribution is -0.150. The van der Waals surface area contributed by atoms with Crippen molar-refractivity contribution in [3.63, 3.8) is 0 Å². The van der Waals surface area contributed by atoms with E-state index in [1.54, 1.807) is 0 Å². The molecular weight excluding hydrogens is 232 g/mol. The summed E-state index contributed by atoms with van der Waals surface area (Å²) < 4.78 is 5.33. The minimum absolute atomic E-state index is 0.382. The molecule has 0 aromatic heterocycles.